The first kappa shape index (κ1) is 20.2. The van der Waals surface area contributed by atoms with E-state index in [1.807, 2.05) is 13.8 Å². The molecular formula is C16H16F5N3OS. The fourth-order valence-corrected chi connectivity index (χ4v) is 3.30. The Morgan fingerprint density at radius 3 is 2.27 bits per heavy atom. The zero-order valence-corrected chi connectivity index (χ0v) is 15.0. The van der Waals surface area contributed by atoms with E-state index in [9.17, 15) is 26.7 Å². The van der Waals surface area contributed by atoms with Crippen molar-refractivity contribution in [3.8, 4) is 0 Å². The van der Waals surface area contributed by atoms with E-state index in [0.717, 1.165) is 34.6 Å². The molecule has 0 bridgehead atoms. The molecule has 2 aromatic rings. The second-order valence-corrected chi connectivity index (χ2v) is 6.88. The Bertz CT molecular complexity index is 784. The molecule has 0 N–H and O–H groups in total. The molecule has 1 amide bonds. The van der Waals surface area contributed by atoms with E-state index in [4.69, 9.17) is 0 Å². The van der Waals surface area contributed by atoms with Gasteiger partial charge in [-0.2, -0.15) is 18.3 Å². The molecular weight excluding hydrogens is 377 g/mol. The van der Waals surface area contributed by atoms with Crippen LogP contribution in [0.15, 0.2) is 23.2 Å². The monoisotopic (exact) mass is 393 g/mol. The summed E-state index contributed by atoms with van der Waals surface area (Å²) in [5, 5.41) is 3.43. The number of thioether (sulfide) groups is 1. The van der Waals surface area contributed by atoms with Gasteiger partial charge < -0.3 is 0 Å². The van der Waals surface area contributed by atoms with Crippen LogP contribution in [0.25, 0.3) is 0 Å². The maximum atomic E-state index is 14.1. The van der Waals surface area contributed by atoms with Crippen molar-refractivity contribution in [2.24, 2.45) is 13.0 Å². The van der Waals surface area contributed by atoms with E-state index < -0.39 is 34.9 Å². The molecule has 0 aliphatic rings. The van der Waals surface area contributed by atoms with Crippen molar-refractivity contribution in [1.29, 1.82) is 0 Å². The van der Waals surface area contributed by atoms with Crippen LogP contribution in [0.4, 0.5) is 33.3 Å². The molecule has 26 heavy (non-hydrogen) atoms. The van der Waals surface area contributed by atoms with Crippen molar-refractivity contribution in [2.45, 2.75) is 25.0 Å². The summed E-state index contributed by atoms with van der Waals surface area (Å²) in [4.78, 5) is 11.9. The number of hydrogen-bond donors (Lipinski definition) is 0. The van der Waals surface area contributed by atoms with Gasteiger partial charge in [0.15, 0.2) is 5.69 Å². The highest BCUT2D eigenvalue weighted by atomic mass is 32.2. The molecule has 142 valence electrons. The quantitative estimate of drug-likeness (QED) is 0.404. The average molecular weight is 393 g/mol. The first-order valence-electron chi connectivity index (χ1n) is 7.53. The second-order valence-electron chi connectivity index (χ2n) is 5.87. The van der Waals surface area contributed by atoms with Crippen LogP contribution in [0, 0.1) is 17.6 Å². The van der Waals surface area contributed by atoms with Crippen LogP contribution in [0.3, 0.4) is 0 Å². The van der Waals surface area contributed by atoms with Gasteiger partial charge in [-0.1, -0.05) is 19.9 Å². The number of carbonyl (C=O) groups excluding carboxylic acids is 1. The van der Waals surface area contributed by atoms with Gasteiger partial charge in [-0.3, -0.25) is 14.4 Å². The van der Waals surface area contributed by atoms with Crippen molar-refractivity contribution < 1.29 is 26.7 Å². The Balaban J connectivity index is 2.72. The number of benzene rings is 1. The van der Waals surface area contributed by atoms with Crippen molar-refractivity contribution in [2.75, 3.05) is 10.7 Å². The summed E-state index contributed by atoms with van der Waals surface area (Å²) >= 11 is 1.02. The Labute approximate surface area is 151 Å². The molecule has 0 unspecified atom stereocenters. The molecule has 4 nitrogen and oxygen atoms in total. The summed E-state index contributed by atoms with van der Waals surface area (Å²) in [5.41, 5.74) is -2.96. The smallest absolute Gasteiger partial charge is 0.278 e. The van der Waals surface area contributed by atoms with E-state index in [1.54, 1.807) is 0 Å². The van der Waals surface area contributed by atoms with Crippen molar-refractivity contribution in [1.82, 2.24) is 9.78 Å². The minimum Gasteiger partial charge on any atom is -0.278 e. The summed E-state index contributed by atoms with van der Waals surface area (Å²) in [7, 11) is 1.28. The minimum atomic E-state index is -4.91. The van der Waals surface area contributed by atoms with Crippen LogP contribution >= 0.6 is 11.8 Å². The van der Waals surface area contributed by atoms with E-state index >= 15 is 0 Å². The van der Waals surface area contributed by atoms with Crippen LogP contribution in [0.1, 0.15) is 19.5 Å². The number of halogens is 5. The molecule has 2 rings (SSSR count). The highest BCUT2D eigenvalue weighted by Crippen LogP contribution is 2.44. The van der Waals surface area contributed by atoms with Gasteiger partial charge in [-0.05, 0) is 18.1 Å². The zero-order chi connectivity index (χ0) is 19.6. The molecule has 0 radical (unpaired) electrons. The average Bonchev–Trinajstić information content (AvgIpc) is 2.85. The Morgan fingerprint density at radius 2 is 1.81 bits per heavy atom. The predicted molar refractivity (Wildman–Crippen MR) is 88.3 cm³/mol. The van der Waals surface area contributed by atoms with Crippen molar-refractivity contribution in [3.05, 3.63) is 35.5 Å². The SMILES string of the molecule is CC(C)CSc1c(N(C=O)c2c(F)cccc2F)c(C(F)(F)F)nn1C. The third-order valence-corrected chi connectivity index (χ3v) is 4.88. The molecule has 0 spiro atoms. The van der Waals surface area contributed by atoms with Gasteiger partial charge in [0.2, 0.25) is 6.41 Å². The van der Waals surface area contributed by atoms with Crippen LogP contribution in [0.2, 0.25) is 0 Å². The molecule has 0 aliphatic heterocycles. The highest BCUT2D eigenvalue weighted by Gasteiger charge is 2.42. The predicted octanol–water partition coefficient (Wildman–Crippen LogP) is 4.76. The number of nitrogens with zero attached hydrogens (tertiary/aromatic N) is 3. The topological polar surface area (TPSA) is 38.1 Å². The van der Waals surface area contributed by atoms with E-state index in [1.165, 1.54) is 7.05 Å². The van der Waals surface area contributed by atoms with Gasteiger partial charge in [-0.25, -0.2) is 8.78 Å². The number of aryl methyl sites for hydroxylation is 1. The number of para-hydroxylation sites is 1. The van der Waals surface area contributed by atoms with Gasteiger partial charge in [0.05, 0.1) is 0 Å². The first-order chi connectivity index (χ1) is 12.1. The summed E-state index contributed by atoms with van der Waals surface area (Å²) in [5.74, 6) is -1.76. The lowest BCUT2D eigenvalue weighted by atomic mass is 10.2. The van der Waals surface area contributed by atoms with Crippen molar-refractivity contribution >= 4 is 29.5 Å². The van der Waals surface area contributed by atoms with E-state index in [2.05, 4.69) is 5.10 Å². The Hall–Kier alpha value is -2.10. The maximum Gasteiger partial charge on any atom is 0.437 e. The molecule has 1 heterocycles. The minimum absolute atomic E-state index is 0.0132. The van der Waals surface area contributed by atoms with Crippen LogP contribution in [-0.4, -0.2) is 21.9 Å². The molecule has 0 fully saturated rings. The third-order valence-electron chi connectivity index (χ3n) is 3.32. The number of anilines is 2. The van der Waals surface area contributed by atoms with Gasteiger partial charge in [0.1, 0.15) is 28.0 Å². The zero-order valence-electron chi connectivity index (χ0n) is 14.1. The van der Waals surface area contributed by atoms with Gasteiger partial charge in [-0.15, -0.1) is 11.8 Å². The number of carbonyl (C=O) groups is 1. The number of hydrogen-bond acceptors (Lipinski definition) is 3. The summed E-state index contributed by atoms with van der Waals surface area (Å²) in [6.07, 6.45) is -4.96. The standard InChI is InChI=1S/C16H16F5N3OS/c1-9(2)7-26-15-13(14(16(19,20)21)22-23(15)3)24(8-25)12-10(17)5-4-6-11(12)18/h4-6,8-9H,7H2,1-3H3. The van der Waals surface area contributed by atoms with Gasteiger partial charge >= 0.3 is 6.18 Å². The Morgan fingerprint density at radius 1 is 1.23 bits per heavy atom. The largest absolute Gasteiger partial charge is 0.437 e. The number of amides is 1. The van der Waals surface area contributed by atoms with Gasteiger partial charge in [0, 0.05) is 12.8 Å². The maximum absolute atomic E-state index is 14.1. The molecule has 1 aromatic heterocycles. The summed E-state index contributed by atoms with van der Waals surface area (Å²) in [6, 6.07) is 2.78. The fraction of sp³-hybridized carbons (Fsp3) is 0.375. The normalized spacial score (nSPS) is 11.9. The lowest BCUT2D eigenvalue weighted by Gasteiger charge is -2.21. The fourth-order valence-electron chi connectivity index (χ4n) is 2.25. The summed E-state index contributed by atoms with van der Waals surface area (Å²) in [6.45, 7) is 3.73. The van der Waals surface area contributed by atoms with Crippen LogP contribution in [-0.2, 0) is 18.0 Å². The second kappa shape index (κ2) is 7.65. The molecule has 0 saturated heterocycles. The van der Waals surface area contributed by atoms with Gasteiger partial charge in [0.25, 0.3) is 0 Å². The van der Waals surface area contributed by atoms with Crippen molar-refractivity contribution in [3.63, 3.8) is 0 Å². The number of aromatic nitrogens is 2. The Kier molecular flexibility index (Phi) is 5.94. The molecule has 0 atom stereocenters. The molecule has 0 aliphatic carbocycles. The third kappa shape index (κ3) is 4.00. The van der Waals surface area contributed by atoms with Crippen LogP contribution < -0.4 is 4.90 Å². The van der Waals surface area contributed by atoms with E-state index in [0.29, 0.717) is 10.7 Å². The molecule has 1 aromatic carbocycles. The van der Waals surface area contributed by atoms with Crippen LogP contribution in [0.5, 0.6) is 0 Å². The molecule has 10 heteroatoms. The highest BCUT2D eigenvalue weighted by molar-refractivity contribution is 7.99. The lowest BCUT2D eigenvalue weighted by Crippen LogP contribution is -2.21. The first-order valence-corrected chi connectivity index (χ1v) is 8.52. The number of alkyl halides is 3. The lowest BCUT2D eigenvalue weighted by molar-refractivity contribution is -0.140. The molecule has 0 saturated carbocycles. The summed E-state index contributed by atoms with van der Waals surface area (Å²) < 4.78 is 69.5. The number of rotatable bonds is 6. The van der Waals surface area contributed by atoms with E-state index in [-0.39, 0.29) is 17.4 Å².